The van der Waals surface area contributed by atoms with Crippen LogP contribution in [0.1, 0.15) is 39.0 Å². The van der Waals surface area contributed by atoms with Gasteiger partial charge in [0.25, 0.3) is 0 Å². The number of carbonyl (C=O) groups is 1. The first-order valence-electron chi connectivity index (χ1n) is 4.79. The number of unbranched alkanes of at least 4 members (excludes halogenated alkanes) is 1. The van der Waals surface area contributed by atoms with E-state index < -0.39 is 0 Å². The zero-order valence-corrected chi connectivity index (χ0v) is 7.68. The fourth-order valence-electron chi connectivity index (χ4n) is 1.72. The SMILES string of the molecule is CCCCC1CC[C@@H](C(N)=O)N1. The third-order valence-electron chi connectivity index (χ3n) is 2.49. The van der Waals surface area contributed by atoms with E-state index in [1.807, 2.05) is 0 Å². The molecule has 0 saturated carbocycles. The van der Waals surface area contributed by atoms with Crippen molar-refractivity contribution in [3.05, 3.63) is 0 Å². The topological polar surface area (TPSA) is 55.1 Å². The van der Waals surface area contributed by atoms with Gasteiger partial charge in [0, 0.05) is 6.04 Å². The van der Waals surface area contributed by atoms with Crippen molar-refractivity contribution in [1.82, 2.24) is 5.32 Å². The van der Waals surface area contributed by atoms with E-state index in [2.05, 4.69) is 12.2 Å². The summed E-state index contributed by atoms with van der Waals surface area (Å²) in [6.45, 7) is 2.18. The van der Waals surface area contributed by atoms with Gasteiger partial charge in [0.2, 0.25) is 5.91 Å². The van der Waals surface area contributed by atoms with Crippen LogP contribution in [-0.2, 0) is 4.79 Å². The predicted octanol–water partition coefficient (Wildman–Crippen LogP) is 0.783. The number of hydrogen-bond acceptors (Lipinski definition) is 2. The Morgan fingerprint density at radius 1 is 1.58 bits per heavy atom. The largest absolute Gasteiger partial charge is 0.368 e. The summed E-state index contributed by atoms with van der Waals surface area (Å²) >= 11 is 0. The normalized spacial score (nSPS) is 29.1. The Hall–Kier alpha value is -0.570. The lowest BCUT2D eigenvalue weighted by molar-refractivity contribution is -0.119. The predicted molar refractivity (Wildman–Crippen MR) is 48.7 cm³/mol. The Balaban J connectivity index is 2.21. The molecule has 1 saturated heterocycles. The maximum absolute atomic E-state index is 10.8. The molecule has 1 aliphatic rings. The molecule has 1 rings (SSSR count). The van der Waals surface area contributed by atoms with E-state index in [1.165, 1.54) is 19.3 Å². The lowest BCUT2D eigenvalue weighted by atomic mass is 10.1. The summed E-state index contributed by atoms with van der Waals surface area (Å²) in [5, 5.41) is 3.25. The van der Waals surface area contributed by atoms with Gasteiger partial charge in [-0.05, 0) is 19.3 Å². The highest BCUT2D eigenvalue weighted by atomic mass is 16.1. The molecule has 0 bridgehead atoms. The van der Waals surface area contributed by atoms with Gasteiger partial charge in [0.15, 0.2) is 0 Å². The maximum Gasteiger partial charge on any atom is 0.234 e. The van der Waals surface area contributed by atoms with Crippen molar-refractivity contribution >= 4 is 5.91 Å². The standard InChI is InChI=1S/C9H18N2O/c1-2-3-4-7-5-6-8(11-7)9(10)12/h7-8,11H,2-6H2,1H3,(H2,10,12)/t7?,8-/m0/s1. The first kappa shape index (κ1) is 9.52. The number of nitrogens with one attached hydrogen (secondary N) is 1. The van der Waals surface area contributed by atoms with E-state index in [9.17, 15) is 4.79 Å². The highest BCUT2D eigenvalue weighted by Gasteiger charge is 2.26. The molecule has 0 aromatic carbocycles. The van der Waals surface area contributed by atoms with E-state index in [0.29, 0.717) is 6.04 Å². The van der Waals surface area contributed by atoms with E-state index in [0.717, 1.165) is 12.8 Å². The molecule has 2 atom stereocenters. The van der Waals surface area contributed by atoms with Gasteiger partial charge in [-0.3, -0.25) is 4.79 Å². The molecule has 1 fully saturated rings. The second kappa shape index (κ2) is 4.45. The fourth-order valence-corrected chi connectivity index (χ4v) is 1.72. The maximum atomic E-state index is 10.8. The number of nitrogens with two attached hydrogens (primary N) is 1. The monoisotopic (exact) mass is 170 g/mol. The highest BCUT2D eigenvalue weighted by Crippen LogP contribution is 2.16. The third-order valence-corrected chi connectivity index (χ3v) is 2.49. The minimum Gasteiger partial charge on any atom is -0.368 e. The Kier molecular flexibility index (Phi) is 3.53. The van der Waals surface area contributed by atoms with Crippen LogP contribution in [-0.4, -0.2) is 18.0 Å². The lowest BCUT2D eigenvalue weighted by Crippen LogP contribution is -2.39. The van der Waals surface area contributed by atoms with Crippen molar-refractivity contribution in [3.63, 3.8) is 0 Å². The molecule has 0 radical (unpaired) electrons. The van der Waals surface area contributed by atoms with Crippen molar-refractivity contribution < 1.29 is 4.79 Å². The minimum absolute atomic E-state index is 0.0631. The molecule has 3 N–H and O–H groups in total. The number of rotatable bonds is 4. The Morgan fingerprint density at radius 3 is 2.83 bits per heavy atom. The van der Waals surface area contributed by atoms with Crippen LogP contribution >= 0.6 is 0 Å². The summed E-state index contributed by atoms with van der Waals surface area (Å²) in [7, 11) is 0. The van der Waals surface area contributed by atoms with Crippen LogP contribution < -0.4 is 11.1 Å². The van der Waals surface area contributed by atoms with Crippen LogP contribution in [0.25, 0.3) is 0 Å². The zero-order valence-electron chi connectivity index (χ0n) is 7.68. The van der Waals surface area contributed by atoms with Crippen molar-refractivity contribution in [1.29, 1.82) is 0 Å². The summed E-state index contributed by atoms with van der Waals surface area (Å²) < 4.78 is 0. The Bertz CT molecular complexity index is 159. The molecule has 1 amide bonds. The molecule has 12 heavy (non-hydrogen) atoms. The van der Waals surface area contributed by atoms with Gasteiger partial charge in [-0.25, -0.2) is 0 Å². The number of amides is 1. The molecule has 0 aromatic heterocycles. The molecule has 1 aliphatic heterocycles. The van der Waals surface area contributed by atoms with Crippen LogP contribution in [0.2, 0.25) is 0 Å². The smallest absolute Gasteiger partial charge is 0.234 e. The van der Waals surface area contributed by atoms with Gasteiger partial charge in [-0.15, -0.1) is 0 Å². The molecule has 0 aliphatic carbocycles. The van der Waals surface area contributed by atoms with Crippen LogP contribution in [0.5, 0.6) is 0 Å². The molecule has 3 heteroatoms. The van der Waals surface area contributed by atoms with E-state index >= 15 is 0 Å². The zero-order chi connectivity index (χ0) is 8.97. The molecule has 1 unspecified atom stereocenters. The van der Waals surface area contributed by atoms with Gasteiger partial charge in [-0.1, -0.05) is 19.8 Å². The second-order valence-corrected chi connectivity index (χ2v) is 3.54. The quantitative estimate of drug-likeness (QED) is 0.655. The second-order valence-electron chi connectivity index (χ2n) is 3.54. The van der Waals surface area contributed by atoms with E-state index in [4.69, 9.17) is 5.73 Å². The molecule has 0 aromatic rings. The summed E-state index contributed by atoms with van der Waals surface area (Å²) in [4.78, 5) is 10.8. The van der Waals surface area contributed by atoms with Crippen molar-refractivity contribution in [2.24, 2.45) is 5.73 Å². The minimum atomic E-state index is -0.200. The molecular formula is C9H18N2O. The van der Waals surface area contributed by atoms with Crippen molar-refractivity contribution in [3.8, 4) is 0 Å². The lowest BCUT2D eigenvalue weighted by Gasteiger charge is -2.10. The van der Waals surface area contributed by atoms with Crippen LogP contribution in [0.15, 0.2) is 0 Å². The van der Waals surface area contributed by atoms with Gasteiger partial charge in [0.05, 0.1) is 6.04 Å². The molecular weight excluding hydrogens is 152 g/mol. The van der Waals surface area contributed by atoms with Gasteiger partial charge in [-0.2, -0.15) is 0 Å². The number of carbonyl (C=O) groups excluding carboxylic acids is 1. The van der Waals surface area contributed by atoms with Crippen molar-refractivity contribution in [2.45, 2.75) is 51.1 Å². The van der Waals surface area contributed by atoms with Gasteiger partial charge >= 0.3 is 0 Å². The average Bonchev–Trinajstić information content (AvgIpc) is 2.48. The van der Waals surface area contributed by atoms with Gasteiger partial charge < -0.3 is 11.1 Å². The van der Waals surface area contributed by atoms with Crippen LogP contribution in [0.3, 0.4) is 0 Å². The first-order valence-corrected chi connectivity index (χ1v) is 4.79. The number of hydrogen-bond donors (Lipinski definition) is 2. The Labute approximate surface area is 73.7 Å². The number of primary amides is 1. The summed E-state index contributed by atoms with van der Waals surface area (Å²) in [6.07, 6.45) is 5.67. The summed E-state index contributed by atoms with van der Waals surface area (Å²) in [6, 6.07) is 0.467. The van der Waals surface area contributed by atoms with Crippen LogP contribution in [0, 0.1) is 0 Å². The molecule has 0 spiro atoms. The summed E-state index contributed by atoms with van der Waals surface area (Å²) in [5.41, 5.74) is 5.19. The fraction of sp³-hybridized carbons (Fsp3) is 0.889. The van der Waals surface area contributed by atoms with E-state index in [1.54, 1.807) is 0 Å². The first-order chi connectivity index (χ1) is 5.74. The molecule has 3 nitrogen and oxygen atoms in total. The highest BCUT2D eigenvalue weighted by molar-refractivity contribution is 5.80. The average molecular weight is 170 g/mol. The third kappa shape index (κ3) is 2.48. The Morgan fingerprint density at radius 2 is 2.33 bits per heavy atom. The van der Waals surface area contributed by atoms with Gasteiger partial charge in [0.1, 0.15) is 0 Å². The van der Waals surface area contributed by atoms with Crippen molar-refractivity contribution in [2.75, 3.05) is 0 Å². The molecule has 1 heterocycles. The van der Waals surface area contributed by atoms with Crippen LogP contribution in [0.4, 0.5) is 0 Å². The van der Waals surface area contributed by atoms with E-state index in [-0.39, 0.29) is 11.9 Å². The summed E-state index contributed by atoms with van der Waals surface area (Å²) in [5.74, 6) is -0.200. The molecule has 70 valence electrons.